The minimum absolute atomic E-state index is 0.0764. The monoisotopic (exact) mass is 282 g/mol. The van der Waals surface area contributed by atoms with Gasteiger partial charge < -0.3 is 9.53 Å². The first kappa shape index (κ1) is 18.9. The van der Waals surface area contributed by atoms with Crippen LogP contribution in [-0.2, 0) is 14.3 Å². The largest absolute Gasteiger partial charge is 0.463 e. The quantitative estimate of drug-likeness (QED) is 0.298. The second kappa shape index (κ2) is 12.9. The summed E-state index contributed by atoms with van der Waals surface area (Å²) in [5.41, 5.74) is 0. The Morgan fingerprint density at radius 1 is 1.00 bits per heavy atom. The first-order valence-corrected chi connectivity index (χ1v) is 7.88. The minimum Gasteiger partial charge on any atom is -0.463 e. The second-order valence-electron chi connectivity index (χ2n) is 5.34. The van der Waals surface area contributed by atoms with Crippen molar-refractivity contribution in [1.82, 2.24) is 0 Å². The number of unbranched alkanes of at least 4 members (excludes halogenated alkanes) is 4. The van der Waals surface area contributed by atoms with Crippen molar-refractivity contribution >= 4 is 11.8 Å². The van der Waals surface area contributed by atoms with E-state index >= 15 is 0 Å². The molecular formula is C17H30O3. The van der Waals surface area contributed by atoms with Gasteiger partial charge >= 0.3 is 5.97 Å². The number of hydrogen-bond acceptors (Lipinski definition) is 3. The number of ketones is 1. The van der Waals surface area contributed by atoms with E-state index in [4.69, 9.17) is 4.74 Å². The van der Waals surface area contributed by atoms with Gasteiger partial charge in [0.2, 0.25) is 0 Å². The Bertz CT molecular complexity index is 295. The molecule has 0 saturated carbocycles. The van der Waals surface area contributed by atoms with Gasteiger partial charge in [0.25, 0.3) is 0 Å². The molecule has 0 bridgehead atoms. The molecule has 0 N–H and O–H groups in total. The van der Waals surface area contributed by atoms with Crippen LogP contribution in [0.1, 0.15) is 78.6 Å². The zero-order valence-electron chi connectivity index (χ0n) is 13.3. The molecule has 0 aromatic carbocycles. The molecule has 3 nitrogen and oxygen atoms in total. The van der Waals surface area contributed by atoms with Gasteiger partial charge in [-0.15, -0.1) is 0 Å². The summed E-state index contributed by atoms with van der Waals surface area (Å²) in [4.78, 5) is 21.6. The van der Waals surface area contributed by atoms with Crippen LogP contribution >= 0.6 is 0 Å². The third-order valence-corrected chi connectivity index (χ3v) is 3.25. The average Bonchev–Trinajstić information content (AvgIpc) is 2.38. The summed E-state index contributed by atoms with van der Waals surface area (Å²) in [6.07, 6.45) is 13.6. The lowest BCUT2D eigenvalue weighted by Gasteiger charge is -2.13. The number of Topliss-reactive ketones (excluding diaryl/α,β-unsaturated/α-hetero) is 1. The minimum atomic E-state index is -0.182. The van der Waals surface area contributed by atoms with Gasteiger partial charge in [0.15, 0.2) is 0 Å². The van der Waals surface area contributed by atoms with Gasteiger partial charge in [-0.25, -0.2) is 0 Å². The smallest absolute Gasteiger partial charge is 0.302 e. The molecule has 0 aliphatic heterocycles. The molecule has 1 unspecified atom stereocenters. The summed E-state index contributed by atoms with van der Waals surface area (Å²) in [5, 5.41) is 0. The summed E-state index contributed by atoms with van der Waals surface area (Å²) in [5.74, 6) is 0.108. The van der Waals surface area contributed by atoms with Crippen molar-refractivity contribution < 1.29 is 14.3 Å². The van der Waals surface area contributed by atoms with E-state index in [1.54, 1.807) is 6.92 Å². The van der Waals surface area contributed by atoms with Crippen molar-refractivity contribution in [2.45, 2.75) is 84.7 Å². The van der Waals surface area contributed by atoms with Gasteiger partial charge in [0, 0.05) is 13.3 Å². The Kier molecular flexibility index (Phi) is 12.2. The molecule has 0 radical (unpaired) electrons. The molecule has 3 heteroatoms. The van der Waals surface area contributed by atoms with E-state index in [1.807, 2.05) is 6.92 Å². The summed E-state index contributed by atoms with van der Waals surface area (Å²) in [7, 11) is 0. The van der Waals surface area contributed by atoms with E-state index in [1.165, 1.54) is 6.92 Å². The Hall–Kier alpha value is -1.12. The molecular weight excluding hydrogens is 252 g/mol. The molecule has 0 saturated heterocycles. The van der Waals surface area contributed by atoms with Crippen LogP contribution in [0.15, 0.2) is 12.2 Å². The Balaban J connectivity index is 3.42. The molecule has 0 fully saturated rings. The van der Waals surface area contributed by atoms with Gasteiger partial charge in [-0.1, -0.05) is 25.5 Å². The molecule has 20 heavy (non-hydrogen) atoms. The highest BCUT2D eigenvalue weighted by atomic mass is 16.5. The van der Waals surface area contributed by atoms with Crippen LogP contribution in [0, 0.1) is 0 Å². The number of rotatable bonds is 12. The lowest BCUT2D eigenvalue weighted by atomic mass is 10.1. The second-order valence-corrected chi connectivity index (χ2v) is 5.34. The maximum absolute atomic E-state index is 10.9. The van der Waals surface area contributed by atoms with Crippen LogP contribution in [0.4, 0.5) is 0 Å². The fourth-order valence-electron chi connectivity index (χ4n) is 2.09. The SMILES string of the molecule is CCC(CCC/C=C/CCCCCC(C)=O)OC(C)=O. The van der Waals surface area contributed by atoms with Gasteiger partial charge in [0.1, 0.15) is 11.9 Å². The van der Waals surface area contributed by atoms with Gasteiger partial charge in [0.05, 0.1) is 0 Å². The molecule has 0 aliphatic rings. The number of esters is 1. The maximum atomic E-state index is 10.9. The molecule has 0 spiro atoms. The molecule has 0 rings (SSSR count). The predicted molar refractivity (Wildman–Crippen MR) is 82.6 cm³/mol. The van der Waals surface area contributed by atoms with Crippen molar-refractivity contribution in [3.05, 3.63) is 12.2 Å². The van der Waals surface area contributed by atoms with Crippen molar-refractivity contribution in [3.63, 3.8) is 0 Å². The van der Waals surface area contributed by atoms with E-state index in [0.717, 1.165) is 57.8 Å². The lowest BCUT2D eigenvalue weighted by Crippen LogP contribution is -2.14. The summed E-state index contributed by atoms with van der Waals surface area (Å²) < 4.78 is 5.20. The third-order valence-electron chi connectivity index (χ3n) is 3.25. The molecule has 116 valence electrons. The summed E-state index contributed by atoms with van der Waals surface area (Å²) in [6.45, 7) is 5.17. The number of hydrogen-bond donors (Lipinski definition) is 0. The van der Waals surface area contributed by atoms with Crippen LogP contribution < -0.4 is 0 Å². The van der Waals surface area contributed by atoms with Crippen molar-refractivity contribution in [2.24, 2.45) is 0 Å². The van der Waals surface area contributed by atoms with Crippen molar-refractivity contribution in [2.75, 3.05) is 0 Å². The zero-order valence-corrected chi connectivity index (χ0v) is 13.3. The van der Waals surface area contributed by atoms with Crippen LogP contribution in [0.5, 0.6) is 0 Å². The number of allylic oxidation sites excluding steroid dienone is 2. The third kappa shape index (κ3) is 13.3. The molecule has 0 aromatic heterocycles. The highest BCUT2D eigenvalue weighted by Gasteiger charge is 2.07. The first-order chi connectivity index (χ1) is 9.56. The van der Waals surface area contributed by atoms with Crippen LogP contribution in [0.3, 0.4) is 0 Å². The van der Waals surface area contributed by atoms with E-state index in [9.17, 15) is 9.59 Å². The Morgan fingerprint density at radius 2 is 1.65 bits per heavy atom. The normalized spacial score (nSPS) is 12.6. The molecule has 0 amide bonds. The van der Waals surface area contributed by atoms with E-state index in [-0.39, 0.29) is 12.1 Å². The standard InChI is InChI=1S/C17H30O3/c1-4-17(20-16(3)19)14-12-10-8-6-5-7-9-11-13-15(2)18/h6,8,17H,4-5,7,9-14H2,1-3H3/b8-6+. The fourth-order valence-corrected chi connectivity index (χ4v) is 2.09. The van der Waals surface area contributed by atoms with Gasteiger partial charge in [-0.2, -0.15) is 0 Å². The van der Waals surface area contributed by atoms with Crippen molar-refractivity contribution in [3.8, 4) is 0 Å². The topological polar surface area (TPSA) is 43.4 Å². The van der Waals surface area contributed by atoms with E-state index in [0.29, 0.717) is 5.78 Å². The van der Waals surface area contributed by atoms with Crippen LogP contribution in [0.2, 0.25) is 0 Å². The average molecular weight is 282 g/mol. The van der Waals surface area contributed by atoms with Crippen molar-refractivity contribution in [1.29, 1.82) is 0 Å². The first-order valence-electron chi connectivity index (χ1n) is 7.88. The molecule has 1 atom stereocenters. The highest BCUT2D eigenvalue weighted by Crippen LogP contribution is 2.10. The molecule has 0 heterocycles. The van der Waals surface area contributed by atoms with E-state index in [2.05, 4.69) is 12.2 Å². The zero-order chi connectivity index (χ0) is 15.2. The molecule has 0 aliphatic carbocycles. The maximum Gasteiger partial charge on any atom is 0.302 e. The highest BCUT2D eigenvalue weighted by molar-refractivity contribution is 5.75. The van der Waals surface area contributed by atoms with Crippen LogP contribution in [-0.4, -0.2) is 17.9 Å². The van der Waals surface area contributed by atoms with Crippen LogP contribution in [0.25, 0.3) is 0 Å². The van der Waals surface area contributed by atoms with E-state index < -0.39 is 0 Å². The molecule has 0 aromatic rings. The summed E-state index contributed by atoms with van der Waals surface area (Å²) >= 11 is 0. The number of carbonyl (C=O) groups is 2. The summed E-state index contributed by atoms with van der Waals surface area (Å²) in [6, 6.07) is 0. The fraction of sp³-hybridized carbons (Fsp3) is 0.765. The van der Waals surface area contributed by atoms with Gasteiger partial charge in [-0.3, -0.25) is 4.79 Å². The Labute approximate surface area is 123 Å². The lowest BCUT2D eigenvalue weighted by molar-refractivity contribution is -0.146. The van der Waals surface area contributed by atoms with Gasteiger partial charge in [-0.05, 0) is 51.9 Å². The predicted octanol–water partition coefficient (Wildman–Crippen LogP) is 4.59. The number of carbonyl (C=O) groups excluding carboxylic acids is 2. The Morgan fingerprint density at radius 3 is 2.20 bits per heavy atom. The number of ether oxygens (including phenoxy) is 1.